The maximum atomic E-state index is 3.52. The zero-order valence-electron chi connectivity index (χ0n) is 13.2. The molecular weight excluding hydrogens is 312 g/mol. The van der Waals surface area contributed by atoms with Gasteiger partial charge in [-0.15, -0.1) is 0 Å². The van der Waals surface area contributed by atoms with Gasteiger partial charge in [-0.3, -0.25) is 0 Å². The lowest BCUT2D eigenvalue weighted by Gasteiger charge is -2.16. The standard InChI is InChI=1S/C17H29BrN2/c1-15(2)13-19-10-5-4-6-11-20(3)14-16-8-7-9-17(18)12-16/h7-9,12,15,19H,4-6,10-11,13-14H2,1-3H3. The lowest BCUT2D eigenvalue weighted by atomic mass is 10.2. The van der Waals surface area contributed by atoms with E-state index in [1.165, 1.54) is 35.8 Å². The molecule has 0 aliphatic heterocycles. The molecule has 3 heteroatoms. The molecule has 0 unspecified atom stereocenters. The first-order chi connectivity index (χ1) is 9.58. The highest BCUT2D eigenvalue weighted by atomic mass is 79.9. The van der Waals surface area contributed by atoms with Crippen molar-refractivity contribution in [2.24, 2.45) is 5.92 Å². The smallest absolute Gasteiger partial charge is 0.0231 e. The molecule has 1 aromatic carbocycles. The summed E-state index contributed by atoms with van der Waals surface area (Å²) in [4.78, 5) is 2.41. The van der Waals surface area contributed by atoms with Gasteiger partial charge < -0.3 is 10.2 Å². The van der Waals surface area contributed by atoms with Crippen molar-refractivity contribution in [2.45, 2.75) is 39.7 Å². The molecular formula is C17H29BrN2. The maximum Gasteiger partial charge on any atom is 0.0231 e. The van der Waals surface area contributed by atoms with Crippen LogP contribution in [-0.4, -0.2) is 31.6 Å². The second kappa shape index (κ2) is 10.4. The molecule has 0 atom stereocenters. The molecule has 0 aliphatic carbocycles. The number of nitrogens with zero attached hydrogens (tertiary/aromatic N) is 1. The normalized spacial score (nSPS) is 11.5. The van der Waals surface area contributed by atoms with Crippen molar-refractivity contribution in [1.82, 2.24) is 10.2 Å². The third-order valence-corrected chi connectivity index (χ3v) is 3.78. The molecule has 0 spiro atoms. The Labute approximate surface area is 133 Å². The Bertz CT molecular complexity index is 366. The average Bonchev–Trinajstić information content (AvgIpc) is 2.37. The van der Waals surface area contributed by atoms with Crippen LogP contribution in [0.25, 0.3) is 0 Å². The van der Waals surface area contributed by atoms with Gasteiger partial charge in [0.05, 0.1) is 0 Å². The van der Waals surface area contributed by atoms with Crippen LogP contribution >= 0.6 is 15.9 Å². The Morgan fingerprint density at radius 1 is 1.20 bits per heavy atom. The molecule has 1 N–H and O–H groups in total. The lowest BCUT2D eigenvalue weighted by Crippen LogP contribution is -2.21. The summed E-state index contributed by atoms with van der Waals surface area (Å²) in [7, 11) is 2.21. The van der Waals surface area contributed by atoms with Crippen molar-refractivity contribution in [3.05, 3.63) is 34.3 Å². The lowest BCUT2D eigenvalue weighted by molar-refractivity contribution is 0.316. The van der Waals surface area contributed by atoms with E-state index in [0.717, 1.165) is 25.6 Å². The molecule has 0 aliphatic rings. The Morgan fingerprint density at radius 3 is 2.70 bits per heavy atom. The molecule has 0 bridgehead atoms. The molecule has 1 aromatic rings. The van der Waals surface area contributed by atoms with Crippen LogP contribution in [-0.2, 0) is 6.54 Å². The van der Waals surface area contributed by atoms with Gasteiger partial charge in [0.25, 0.3) is 0 Å². The van der Waals surface area contributed by atoms with E-state index in [4.69, 9.17) is 0 Å². The Hall–Kier alpha value is -0.380. The molecule has 20 heavy (non-hydrogen) atoms. The highest BCUT2D eigenvalue weighted by Gasteiger charge is 2.01. The topological polar surface area (TPSA) is 15.3 Å². The summed E-state index contributed by atoms with van der Waals surface area (Å²) in [6, 6.07) is 8.57. The highest BCUT2D eigenvalue weighted by molar-refractivity contribution is 9.10. The van der Waals surface area contributed by atoms with Gasteiger partial charge in [0.2, 0.25) is 0 Å². The number of rotatable bonds is 10. The van der Waals surface area contributed by atoms with Crippen molar-refractivity contribution >= 4 is 15.9 Å². The van der Waals surface area contributed by atoms with Crippen LogP contribution in [0.1, 0.15) is 38.7 Å². The summed E-state index contributed by atoms with van der Waals surface area (Å²) < 4.78 is 1.17. The van der Waals surface area contributed by atoms with E-state index in [1.807, 2.05) is 0 Å². The van der Waals surface area contributed by atoms with Crippen molar-refractivity contribution in [2.75, 3.05) is 26.7 Å². The molecule has 114 valence electrons. The second-order valence-electron chi connectivity index (χ2n) is 6.03. The first kappa shape index (κ1) is 17.7. The predicted molar refractivity (Wildman–Crippen MR) is 92.0 cm³/mol. The minimum atomic E-state index is 0.756. The molecule has 0 amide bonds. The molecule has 0 saturated carbocycles. The van der Waals surface area contributed by atoms with Crippen LogP contribution in [0.4, 0.5) is 0 Å². The SMILES string of the molecule is CC(C)CNCCCCCN(C)Cc1cccc(Br)c1. The van der Waals surface area contributed by atoms with Crippen LogP contribution in [0, 0.1) is 5.92 Å². The summed E-state index contributed by atoms with van der Waals surface area (Å²) in [5.41, 5.74) is 1.38. The number of nitrogens with one attached hydrogen (secondary N) is 1. The van der Waals surface area contributed by atoms with Gasteiger partial charge in [0, 0.05) is 11.0 Å². The summed E-state index contributed by atoms with van der Waals surface area (Å²) >= 11 is 3.52. The van der Waals surface area contributed by atoms with E-state index in [0.29, 0.717) is 0 Å². The number of halogens is 1. The molecule has 2 nitrogen and oxygen atoms in total. The quantitative estimate of drug-likeness (QED) is 0.639. The summed E-state index contributed by atoms with van der Waals surface area (Å²) in [6.45, 7) is 9.02. The van der Waals surface area contributed by atoms with Crippen molar-refractivity contribution in [3.8, 4) is 0 Å². The fourth-order valence-corrected chi connectivity index (χ4v) is 2.67. The van der Waals surface area contributed by atoms with Gasteiger partial charge in [-0.1, -0.05) is 48.3 Å². The number of unbranched alkanes of at least 4 members (excludes halogenated alkanes) is 2. The summed E-state index contributed by atoms with van der Waals surface area (Å²) in [5.74, 6) is 0.756. The van der Waals surface area contributed by atoms with Gasteiger partial charge in [-0.05, 0) is 63.1 Å². The Kier molecular flexibility index (Phi) is 9.16. The molecule has 1 rings (SSSR count). The molecule has 0 heterocycles. The van der Waals surface area contributed by atoms with Crippen LogP contribution in [0.2, 0.25) is 0 Å². The number of hydrogen-bond acceptors (Lipinski definition) is 2. The monoisotopic (exact) mass is 340 g/mol. The third-order valence-electron chi connectivity index (χ3n) is 3.29. The third kappa shape index (κ3) is 8.72. The van der Waals surface area contributed by atoms with Crippen molar-refractivity contribution in [3.63, 3.8) is 0 Å². The van der Waals surface area contributed by atoms with E-state index >= 15 is 0 Å². The molecule has 0 radical (unpaired) electrons. The molecule has 0 fully saturated rings. The van der Waals surface area contributed by atoms with Crippen LogP contribution in [0.3, 0.4) is 0 Å². The van der Waals surface area contributed by atoms with Crippen LogP contribution in [0.15, 0.2) is 28.7 Å². The van der Waals surface area contributed by atoms with Gasteiger partial charge in [-0.2, -0.15) is 0 Å². The van der Waals surface area contributed by atoms with Gasteiger partial charge in [-0.25, -0.2) is 0 Å². The zero-order valence-corrected chi connectivity index (χ0v) is 14.7. The van der Waals surface area contributed by atoms with Gasteiger partial charge >= 0.3 is 0 Å². The molecule has 0 aromatic heterocycles. The summed E-state index contributed by atoms with van der Waals surface area (Å²) in [5, 5.41) is 3.50. The fourth-order valence-electron chi connectivity index (χ4n) is 2.23. The highest BCUT2D eigenvalue weighted by Crippen LogP contribution is 2.13. The van der Waals surface area contributed by atoms with E-state index in [9.17, 15) is 0 Å². The van der Waals surface area contributed by atoms with Crippen LogP contribution in [0.5, 0.6) is 0 Å². The molecule has 0 saturated heterocycles. The van der Waals surface area contributed by atoms with Crippen molar-refractivity contribution < 1.29 is 0 Å². The minimum absolute atomic E-state index is 0.756. The van der Waals surface area contributed by atoms with E-state index in [2.05, 4.69) is 71.3 Å². The van der Waals surface area contributed by atoms with Gasteiger partial charge in [0.1, 0.15) is 0 Å². The van der Waals surface area contributed by atoms with E-state index in [-0.39, 0.29) is 0 Å². The number of benzene rings is 1. The van der Waals surface area contributed by atoms with E-state index in [1.54, 1.807) is 0 Å². The van der Waals surface area contributed by atoms with Crippen molar-refractivity contribution in [1.29, 1.82) is 0 Å². The van der Waals surface area contributed by atoms with Gasteiger partial charge in [0.15, 0.2) is 0 Å². The Balaban J connectivity index is 2.04. The first-order valence-electron chi connectivity index (χ1n) is 7.71. The largest absolute Gasteiger partial charge is 0.316 e. The fraction of sp³-hybridized carbons (Fsp3) is 0.647. The second-order valence-corrected chi connectivity index (χ2v) is 6.94. The maximum absolute atomic E-state index is 3.52. The Morgan fingerprint density at radius 2 is 2.00 bits per heavy atom. The zero-order chi connectivity index (χ0) is 14.8. The number of hydrogen-bond donors (Lipinski definition) is 1. The summed E-state index contributed by atoms with van der Waals surface area (Å²) in [6.07, 6.45) is 3.89. The van der Waals surface area contributed by atoms with E-state index < -0.39 is 0 Å². The van der Waals surface area contributed by atoms with Crippen LogP contribution < -0.4 is 5.32 Å². The average molecular weight is 341 g/mol. The minimum Gasteiger partial charge on any atom is -0.316 e. The first-order valence-corrected chi connectivity index (χ1v) is 8.51. The predicted octanol–water partition coefficient (Wildman–Crippen LogP) is 4.30.